The molecule has 1 unspecified atom stereocenters. The molecule has 0 radical (unpaired) electrons. The van der Waals surface area contributed by atoms with Crippen molar-refractivity contribution in [1.29, 1.82) is 0 Å². The zero-order valence-corrected chi connectivity index (χ0v) is 11.6. The van der Waals surface area contributed by atoms with E-state index in [1.54, 1.807) is 29.1 Å². The summed E-state index contributed by atoms with van der Waals surface area (Å²) >= 11 is 0. The Morgan fingerprint density at radius 3 is 2.86 bits per heavy atom. The van der Waals surface area contributed by atoms with E-state index < -0.39 is 4.92 Å². The molecule has 2 rings (SSSR count). The van der Waals surface area contributed by atoms with Gasteiger partial charge in [-0.2, -0.15) is 5.10 Å². The third-order valence-corrected chi connectivity index (χ3v) is 2.97. The van der Waals surface area contributed by atoms with Crippen LogP contribution in [0.4, 0.5) is 5.69 Å². The smallest absolute Gasteiger partial charge is 0.273 e. The highest BCUT2D eigenvalue weighted by molar-refractivity contribution is 5.80. The predicted octanol–water partition coefficient (Wildman–Crippen LogP) is 1.54. The average Bonchev–Trinajstić information content (AvgIpc) is 2.91. The van der Waals surface area contributed by atoms with Crippen molar-refractivity contribution >= 4 is 11.6 Å². The molecule has 0 aliphatic rings. The Bertz CT molecular complexity index is 625. The number of nitrogens with one attached hydrogen (secondary N) is 1. The van der Waals surface area contributed by atoms with Crippen LogP contribution in [0.25, 0.3) is 0 Å². The van der Waals surface area contributed by atoms with Crippen LogP contribution in [0, 0.1) is 10.1 Å². The Balaban J connectivity index is 1.94. The third-order valence-electron chi connectivity index (χ3n) is 2.97. The molecule has 0 bridgehead atoms. The van der Waals surface area contributed by atoms with Crippen molar-refractivity contribution in [2.45, 2.75) is 25.9 Å². The second kappa shape index (κ2) is 6.65. The number of amides is 1. The number of para-hydroxylation sites is 1. The molecule has 1 atom stereocenters. The van der Waals surface area contributed by atoms with Crippen LogP contribution >= 0.6 is 0 Å². The van der Waals surface area contributed by atoms with E-state index in [0.29, 0.717) is 12.1 Å². The van der Waals surface area contributed by atoms with Crippen LogP contribution in [0.5, 0.6) is 0 Å². The molecule has 110 valence electrons. The number of nitro groups is 1. The van der Waals surface area contributed by atoms with Crippen molar-refractivity contribution in [2.75, 3.05) is 0 Å². The lowest BCUT2D eigenvalue weighted by atomic mass is 10.1. The summed E-state index contributed by atoms with van der Waals surface area (Å²) in [6.07, 6.45) is 3.47. The number of aromatic nitrogens is 2. The number of nitrogens with zero attached hydrogens (tertiary/aromatic N) is 3. The average molecular weight is 288 g/mol. The molecule has 1 aromatic carbocycles. The minimum absolute atomic E-state index is 0.0133. The van der Waals surface area contributed by atoms with Crippen LogP contribution < -0.4 is 5.32 Å². The van der Waals surface area contributed by atoms with E-state index in [4.69, 9.17) is 0 Å². The van der Waals surface area contributed by atoms with Gasteiger partial charge in [-0.15, -0.1) is 0 Å². The summed E-state index contributed by atoms with van der Waals surface area (Å²) in [7, 11) is 0. The molecule has 1 N–H and O–H groups in total. The van der Waals surface area contributed by atoms with Crippen molar-refractivity contribution in [2.24, 2.45) is 0 Å². The fraction of sp³-hybridized carbons (Fsp3) is 0.286. The topological polar surface area (TPSA) is 90.1 Å². The molecule has 0 saturated carbocycles. The Labute approximate surface area is 121 Å². The summed E-state index contributed by atoms with van der Waals surface area (Å²) in [6.45, 7) is 2.41. The fourth-order valence-corrected chi connectivity index (χ4v) is 2.07. The molecule has 1 amide bonds. The Morgan fingerprint density at radius 1 is 1.43 bits per heavy atom. The molecular formula is C14H16N4O3. The lowest BCUT2D eigenvalue weighted by Crippen LogP contribution is -2.36. The summed E-state index contributed by atoms with van der Waals surface area (Å²) < 4.78 is 1.72. The Hall–Kier alpha value is -2.70. The summed E-state index contributed by atoms with van der Waals surface area (Å²) in [5.74, 6) is -0.246. The summed E-state index contributed by atoms with van der Waals surface area (Å²) in [5, 5.41) is 17.8. The van der Waals surface area contributed by atoms with Gasteiger partial charge in [-0.25, -0.2) is 0 Å². The first-order chi connectivity index (χ1) is 10.1. The standard InChI is InChI=1S/C14H16N4O3/c1-11(10-17-8-4-7-15-17)16-14(19)9-12-5-2-3-6-13(12)18(20)21/h2-8,11H,9-10H2,1H3,(H,16,19). The summed E-state index contributed by atoms with van der Waals surface area (Å²) in [6, 6.07) is 7.95. The first-order valence-electron chi connectivity index (χ1n) is 6.55. The van der Waals surface area contributed by atoms with Gasteiger partial charge in [0.2, 0.25) is 5.91 Å². The van der Waals surface area contributed by atoms with Crippen LogP contribution in [0.15, 0.2) is 42.7 Å². The van der Waals surface area contributed by atoms with Gasteiger partial charge in [0.15, 0.2) is 0 Å². The van der Waals surface area contributed by atoms with Gasteiger partial charge in [0.25, 0.3) is 5.69 Å². The normalized spacial score (nSPS) is 11.9. The van der Waals surface area contributed by atoms with Crippen LogP contribution in [0.2, 0.25) is 0 Å². The lowest BCUT2D eigenvalue weighted by Gasteiger charge is -2.14. The van der Waals surface area contributed by atoms with Gasteiger partial charge in [0.1, 0.15) is 0 Å². The molecule has 0 saturated heterocycles. The number of carbonyl (C=O) groups is 1. The van der Waals surface area contributed by atoms with Crippen molar-refractivity contribution in [3.63, 3.8) is 0 Å². The van der Waals surface area contributed by atoms with Gasteiger partial charge in [-0.3, -0.25) is 19.6 Å². The van der Waals surface area contributed by atoms with Crippen molar-refractivity contribution < 1.29 is 9.72 Å². The zero-order chi connectivity index (χ0) is 15.2. The number of hydrogen-bond acceptors (Lipinski definition) is 4. The molecule has 0 spiro atoms. The van der Waals surface area contributed by atoms with E-state index in [1.165, 1.54) is 6.07 Å². The van der Waals surface area contributed by atoms with E-state index >= 15 is 0 Å². The first kappa shape index (κ1) is 14.7. The SMILES string of the molecule is CC(Cn1cccn1)NC(=O)Cc1ccccc1[N+](=O)[O-]. The van der Waals surface area contributed by atoms with E-state index in [9.17, 15) is 14.9 Å². The molecular weight excluding hydrogens is 272 g/mol. The minimum Gasteiger partial charge on any atom is -0.351 e. The maximum atomic E-state index is 12.0. The monoisotopic (exact) mass is 288 g/mol. The quantitative estimate of drug-likeness (QED) is 0.645. The van der Waals surface area contributed by atoms with E-state index in [0.717, 1.165) is 0 Å². The zero-order valence-electron chi connectivity index (χ0n) is 11.6. The van der Waals surface area contributed by atoms with Gasteiger partial charge < -0.3 is 5.32 Å². The second-order valence-electron chi connectivity index (χ2n) is 4.76. The Kier molecular flexibility index (Phi) is 4.65. The lowest BCUT2D eigenvalue weighted by molar-refractivity contribution is -0.385. The Morgan fingerprint density at radius 2 is 2.19 bits per heavy atom. The molecule has 0 fully saturated rings. The first-order valence-corrected chi connectivity index (χ1v) is 6.55. The highest BCUT2D eigenvalue weighted by atomic mass is 16.6. The number of carbonyl (C=O) groups excluding carboxylic acids is 1. The minimum atomic E-state index is -0.476. The molecule has 1 aromatic heterocycles. The molecule has 7 nitrogen and oxygen atoms in total. The highest BCUT2D eigenvalue weighted by Gasteiger charge is 2.16. The van der Waals surface area contributed by atoms with Crippen molar-refractivity contribution in [3.05, 3.63) is 58.4 Å². The van der Waals surface area contributed by atoms with Crippen molar-refractivity contribution in [3.8, 4) is 0 Å². The van der Waals surface area contributed by atoms with Crippen LogP contribution in [0.1, 0.15) is 12.5 Å². The third kappa shape index (κ3) is 4.13. The number of rotatable bonds is 6. The molecule has 7 heteroatoms. The molecule has 2 aromatic rings. The molecule has 0 aliphatic carbocycles. The van der Waals surface area contributed by atoms with E-state index in [2.05, 4.69) is 10.4 Å². The molecule has 21 heavy (non-hydrogen) atoms. The van der Waals surface area contributed by atoms with E-state index in [-0.39, 0.29) is 24.1 Å². The van der Waals surface area contributed by atoms with Crippen LogP contribution in [-0.2, 0) is 17.8 Å². The molecule has 1 heterocycles. The van der Waals surface area contributed by atoms with Gasteiger partial charge in [0.05, 0.1) is 17.9 Å². The molecule has 0 aliphatic heterocycles. The maximum Gasteiger partial charge on any atom is 0.273 e. The number of benzene rings is 1. The van der Waals surface area contributed by atoms with Crippen LogP contribution in [0.3, 0.4) is 0 Å². The maximum absolute atomic E-state index is 12.0. The number of nitro benzene ring substituents is 1. The van der Waals surface area contributed by atoms with E-state index in [1.807, 2.05) is 19.2 Å². The summed E-state index contributed by atoms with van der Waals surface area (Å²) in [5.41, 5.74) is 0.374. The largest absolute Gasteiger partial charge is 0.351 e. The number of hydrogen-bond donors (Lipinski definition) is 1. The van der Waals surface area contributed by atoms with Gasteiger partial charge in [-0.05, 0) is 13.0 Å². The van der Waals surface area contributed by atoms with Crippen molar-refractivity contribution in [1.82, 2.24) is 15.1 Å². The van der Waals surface area contributed by atoms with Crippen LogP contribution in [-0.4, -0.2) is 26.7 Å². The fourth-order valence-electron chi connectivity index (χ4n) is 2.07. The second-order valence-corrected chi connectivity index (χ2v) is 4.76. The van der Waals surface area contributed by atoms with Gasteiger partial charge in [-0.1, -0.05) is 18.2 Å². The predicted molar refractivity (Wildman–Crippen MR) is 76.6 cm³/mol. The van der Waals surface area contributed by atoms with Gasteiger partial charge in [0, 0.05) is 30.1 Å². The highest BCUT2D eigenvalue weighted by Crippen LogP contribution is 2.17. The van der Waals surface area contributed by atoms with Gasteiger partial charge >= 0.3 is 0 Å². The summed E-state index contributed by atoms with van der Waals surface area (Å²) in [4.78, 5) is 22.4.